The van der Waals surface area contributed by atoms with Crippen LogP contribution in [0.1, 0.15) is 41.6 Å². The Bertz CT molecular complexity index is 1570. The molecule has 2 saturated heterocycles. The van der Waals surface area contributed by atoms with Crippen LogP contribution in [-0.4, -0.2) is 80.3 Å². The van der Waals surface area contributed by atoms with Crippen LogP contribution in [0.25, 0.3) is 10.9 Å². The van der Waals surface area contributed by atoms with Crippen molar-refractivity contribution in [1.29, 1.82) is 0 Å². The van der Waals surface area contributed by atoms with Crippen LogP contribution in [0.4, 0.5) is 30.7 Å². The predicted octanol–water partition coefficient (Wildman–Crippen LogP) is 4.21. The standard InChI is InChI=1S/C24H25FN4O2.2C2HF3O2/c25-20-7-6-17(16-29-21-5-2-1-4-18(21)22(30)15-27-29)14-19(20)23(31)28-12-9-24(10-13-28)8-3-11-26-24;2*3-2(4,5)1(6)7/h1-2,4-7,14-15,26H,3,8-13,16H2;2*(H,6,7). The Hall–Kier alpha value is -4.54. The van der Waals surface area contributed by atoms with Crippen molar-refractivity contribution in [2.24, 2.45) is 0 Å². The van der Waals surface area contributed by atoms with Crippen molar-refractivity contribution in [2.75, 3.05) is 19.6 Å². The number of carboxylic acids is 2. The molecule has 3 heterocycles. The van der Waals surface area contributed by atoms with Gasteiger partial charge >= 0.3 is 24.3 Å². The first kappa shape index (κ1) is 34.9. The summed E-state index contributed by atoms with van der Waals surface area (Å²) in [6, 6.07) is 11.9. The number of hydrogen-bond donors (Lipinski definition) is 3. The van der Waals surface area contributed by atoms with Crippen LogP contribution in [0.15, 0.2) is 53.5 Å². The van der Waals surface area contributed by atoms with E-state index in [1.54, 1.807) is 27.8 Å². The maximum atomic E-state index is 14.6. The quantitative estimate of drug-likeness (QED) is 0.359. The molecular formula is C28H27F7N4O6. The molecule has 17 heteroatoms. The Balaban J connectivity index is 0.000000331. The topological polar surface area (TPSA) is 142 Å². The summed E-state index contributed by atoms with van der Waals surface area (Å²) in [6.07, 6.45) is -4.73. The van der Waals surface area contributed by atoms with Gasteiger partial charge in [-0.1, -0.05) is 18.2 Å². The van der Waals surface area contributed by atoms with Gasteiger partial charge in [-0.2, -0.15) is 31.4 Å². The van der Waals surface area contributed by atoms with Gasteiger partial charge in [0.05, 0.1) is 23.8 Å². The van der Waals surface area contributed by atoms with Crippen molar-refractivity contribution in [3.63, 3.8) is 0 Å². The highest BCUT2D eigenvalue weighted by Crippen LogP contribution is 2.31. The molecule has 5 rings (SSSR count). The van der Waals surface area contributed by atoms with E-state index in [9.17, 15) is 40.3 Å². The van der Waals surface area contributed by atoms with Gasteiger partial charge in [-0.05, 0) is 62.1 Å². The number of aromatic nitrogens is 2. The van der Waals surface area contributed by atoms with Gasteiger partial charge in [0.2, 0.25) is 5.43 Å². The molecule has 0 aliphatic carbocycles. The van der Waals surface area contributed by atoms with Crippen molar-refractivity contribution in [3.05, 3.63) is 75.8 Å². The lowest BCUT2D eigenvalue weighted by Gasteiger charge is -2.39. The summed E-state index contributed by atoms with van der Waals surface area (Å²) in [4.78, 5) is 44.7. The fraction of sp³-hybridized carbons (Fsp3) is 0.393. The van der Waals surface area contributed by atoms with E-state index in [0.29, 0.717) is 30.5 Å². The molecule has 3 aromatic rings. The Morgan fingerprint density at radius 3 is 2.02 bits per heavy atom. The maximum absolute atomic E-state index is 14.6. The summed E-state index contributed by atoms with van der Waals surface area (Å²) < 4.78 is 79.8. The van der Waals surface area contributed by atoms with Gasteiger partial charge in [0, 0.05) is 24.0 Å². The first-order chi connectivity index (χ1) is 20.9. The lowest BCUT2D eigenvalue weighted by Crippen LogP contribution is -2.51. The largest absolute Gasteiger partial charge is 0.490 e. The summed E-state index contributed by atoms with van der Waals surface area (Å²) in [7, 11) is 0. The number of fused-ring (bicyclic) bond motifs is 1. The van der Waals surface area contributed by atoms with E-state index in [1.165, 1.54) is 18.7 Å². The third-order valence-corrected chi connectivity index (χ3v) is 7.18. The minimum Gasteiger partial charge on any atom is -0.475 e. The number of halogens is 7. The molecule has 45 heavy (non-hydrogen) atoms. The molecule has 2 aliphatic rings. The SMILES string of the molecule is O=C(O)C(F)(F)F.O=C(O)C(F)(F)F.O=C(c1cc(Cn2ncc(=O)c3ccccc32)ccc1F)N1CCC2(CCCN2)CC1. The molecule has 0 atom stereocenters. The lowest BCUT2D eigenvalue weighted by molar-refractivity contribution is -0.193. The van der Waals surface area contributed by atoms with E-state index in [0.717, 1.165) is 31.4 Å². The molecular weight excluding hydrogens is 621 g/mol. The Kier molecular flexibility index (Phi) is 10.9. The number of likely N-dealkylation sites (tertiary alicyclic amines) is 1. The van der Waals surface area contributed by atoms with Crippen molar-refractivity contribution in [3.8, 4) is 0 Å². The first-order valence-electron chi connectivity index (χ1n) is 13.3. The molecule has 0 bridgehead atoms. The number of carboxylic acid groups (broad SMARTS) is 2. The molecule has 1 amide bonds. The van der Waals surface area contributed by atoms with E-state index < -0.39 is 30.1 Å². The number of aliphatic carboxylic acids is 2. The van der Waals surface area contributed by atoms with E-state index in [-0.39, 0.29) is 22.4 Å². The summed E-state index contributed by atoms with van der Waals surface area (Å²) >= 11 is 0. The number of benzene rings is 2. The van der Waals surface area contributed by atoms with Crippen LogP contribution in [0.3, 0.4) is 0 Å². The number of nitrogens with one attached hydrogen (secondary N) is 1. The van der Waals surface area contributed by atoms with Crippen LogP contribution < -0.4 is 10.7 Å². The number of carbonyl (C=O) groups is 3. The van der Waals surface area contributed by atoms with Crippen LogP contribution in [-0.2, 0) is 16.1 Å². The molecule has 1 spiro atoms. The fourth-order valence-corrected chi connectivity index (χ4v) is 4.90. The van der Waals surface area contributed by atoms with Gasteiger partial charge in [-0.3, -0.25) is 14.3 Å². The molecule has 0 radical (unpaired) electrons. The summed E-state index contributed by atoms with van der Waals surface area (Å²) in [6.45, 7) is 2.66. The average molecular weight is 649 g/mol. The van der Waals surface area contributed by atoms with E-state index >= 15 is 0 Å². The van der Waals surface area contributed by atoms with Crippen molar-refractivity contribution in [2.45, 2.75) is 50.1 Å². The second-order valence-electron chi connectivity index (χ2n) is 10.2. The number of amides is 1. The van der Waals surface area contributed by atoms with Crippen LogP contribution in [0.5, 0.6) is 0 Å². The van der Waals surface area contributed by atoms with Gasteiger partial charge in [0.25, 0.3) is 5.91 Å². The second-order valence-corrected chi connectivity index (χ2v) is 10.2. The van der Waals surface area contributed by atoms with E-state index in [1.807, 2.05) is 18.2 Å². The molecule has 1 aromatic heterocycles. The number of rotatable bonds is 3. The highest BCUT2D eigenvalue weighted by molar-refractivity contribution is 5.94. The van der Waals surface area contributed by atoms with Gasteiger partial charge in [-0.25, -0.2) is 14.0 Å². The third kappa shape index (κ3) is 9.23. The Morgan fingerprint density at radius 2 is 1.49 bits per heavy atom. The molecule has 2 fully saturated rings. The Labute approximate surface area is 250 Å². The molecule has 2 aromatic carbocycles. The normalized spacial score (nSPS) is 15.9. The zero-order valence-electron chi connectivity index (χ0n) is 23.3. The number of piperidine rings is 1. The summed E-state index contributed by atoms with van der Waals surface area (Å²) in [5, 5.41) is 22.7. The van der Waals surface area contributed by atoms with Crippen LogP contribution >= 0.6 is 0 Å². The average Bonchev–Trinajstić information content (AvgIpc) is 3.43. The zero-order valence-corrected chi connectivity index (χ0v) is 23.3. The highest BCUT2D eigenvalue weighted by Gasteiger charge is 2.39. The van der Waals surface area contributed by atoms with Crippen molar-refractivity contribution in [1.82, 2.24) is 20.0 Å². The molecule has 244 valence electrons. The zero-order chi connectivity index (χ0) is 33.6. The fourth-order valence-electron chi connectivity index (χ4n) is 4.90. The number of hydrogen-bond acceptors (Lipinski definition) is 6. The smallest absolute Gasteiger partial charge is 0.475 e. The molecule has 3 N–H and O–H groups in total. The van der Waals surface area contributed by atoms with Gasteiger partial charge in [0.15, 0.2) is 0 Å². The molecule has 0 saturated carbocycles. The predicted molar refractivity (Wildman–Crippen MR) is 144 cm³/mol. The highest BCUT2D eigenvalue weighted by atomic mass is 19.4. The van der Waals surface area contributed by atoms with E-state index in [4.69, 9.17) is 19.8 Å². The Morgan fingerprint density at radius 1 is 0.911 bits per heavy atom. The number of nitrogens with zero attached hydrogens (tertiary/aromatic N) is 3. The minimum absolute atomic E-state index is 0.0955. The number of carbonyl (C=O) groups excluding carboxylic acids is 1. The van der Waals surface area contributed by atoms with Crippen LogP contribution in [0.2, 0.25) is 0 Å². The number of alkyl halides is 6. The van der Waals surface area contributed by atoms with Gasteiger partial charge in [-0.15, -0.1) is 0 Å². The van der Waals surface area contributed by atoms with Crippen molar-refractivity contribution >= 4 is 28.7 Å². The first-order valence-corrected chi connectivity index (χ1v) is 13.3. The summed E-state index contributed by atoms with van der Waals surface area (Å²) in [5.41, 5.74) is 1.59. The van der Waals surface area contributed by atoms with Gasteiger partial charge < -0.3 is 20.4 Å². The second kappa shape index (κ2) is 14.0. The molecule has 0 unspecified atom stereocenters. The van der Waals surface area contributed by atoms with Crippen LogP contribution in [0, 0.1) is 5.82 Å². The third-order valence-electron chi connectivity index (χ3n) is 7.18. The minimum atomic E-state index is -5.08. The molecule has 10 nitrogen and oxygen atoms in total. The molecule has 2 aliphatic heterocycles. The monoisotopic (exact) mass is 648 g/mol. The van der Waals surface area contributed by atoms with E-state index in [2.05, 4.69) is 10.4 Å². The van der Waals surface area contributed by atoms with Gasteiger partial charge in [0.1, 0.15) is 5.82 Å². The summed E-state index contributed by atoms with van der Waals surface area (Å²) in [5.74, 6) is -6.28. The number of para-hydroxylation sites is 1. The maximum Gasteiger partial charge on any atom is 0.490 e. The van der Waals surface area contributed by atoms with Crippen molar-refractivity contribution < 1.29 is 55.3 Å². The lowest BCUT2D eigenvalue weighted by atomic mass is 9.86.